The lowest BCUT2D eigenvalue weighted by molar-refractivity contribution is -0.136. The van der Waals surface area contributed by atoms with E-state index in [0.29, 0.717) is 0 Å². The van der Waals surface area contributed by atoms with Gasteiger partial charge in [-0.2, -0.15) is 0 Å². The summed E-state index contributed by atoms with van der Waals surface area (Å²) in [6.45, 7) is 2.37. The van der Waals surface area contributed by atoms with Crippen LogP contribution in [-0.2, 0) is 4.79 Å². The summed E-state index contributed by atoms with van der Waals surface area (Å²) >= 11 is 0. The molecule has 3 unspecified atom stereocenters. The highest BCUT2D eigenvalue weighted by molar-refractivity contribution is 5.82. The Balaban J connectivity index is 1.42. The second-order valence-electron chi connectivity index (χ2n) is 7.60. The Kier molecular flexibility index (Phi) is 5.62. The fourth-order valence-electron chi connectivity index (χ4n) is 4.12. The molecule has 3 atom stereocenters. The molecular weight excluding hydrogens is 352 g/mol. The fraction of sp³-hybridized carbons (Fsp3) is 0.409. The molecule has 2 aliphatic rings. The van der Waals surface area contributed by atoms with Crippen LogP contribution in [0.4, 0.5) is 0 Å². The van der Waals surface area contributed by atoms with Gasteiger partial charge in [0, 0.05) is 25.7 Å². The van der Waals surface area contributed by atoms with Crippen LogP contribution in [0.5, 0.6) is 5.75 Å². The van der Waals surface area contributed by atoms with Gasteiger partial charge in [0.1, 0.15) is 11.8 Å². The monoisotopic (exact) mass is 380 g/mol. The van der Waals surface area contributed by atoms with Crippen molar-refractivity contribution in [3.63, 3.8) is 0 Å². The Morgan fingerprint density at radius 1 is 1.04 bits per heavy atom. The predicted molar refractivity (Wildman–Crippen MR) is 109 cm³/mol. The first-order valence-corrected chi connectivity index (χ1v) is 9.84. The van der Waals surface area contributed by atoms with Gasteiger partial charge in [-0.3, -0.25) is 9.69 Å². The Hall–Kier alpha value is -2.41. The number of rotatable bonds is 4. The number of ether oxygens (including phenoxy) is 1. The number of likely N-dealkylation sites (N-methyl/N-ethyl adjacent to an activating group) is 1. The van der Waals surface area contributed by atoms with Crippen LogP contribution in [0.3, 0.4) is 0 Å². The van der Waals surface area contributed by atoms with Gasteiger partial charge in [0.2, 0.25) is 5.91 Å². The Labute approximate surface area is 166 Å². The van der Waals surface area contributed by atoms with E-state index >= 15 is 0 Å². The van der Waals surface area contributed by atoms with Crippen molar-refractivity contribution in [2.45, 2.75) is 24.5 Å². The van der Waals surface area contributed by atoms with Crippen molar-refractivity contribution >= 4 is 5.91 Å². The number of hydrogen-bond donors (Lipinski definition) is 2. The molecule has 0 aromatic heterocycles. The molecule has 2 saturated heterocycles. The number of hydrazine groups is 1. The van der Waals surface area contributed by atoms with E-state index in [9.17, 15) is 4.79 Å². The summed E-state index contributed by atoms with van der Waals surface area (Å²) in [5.74, 6) is 1.01. The Bertz CT molecular complexity index is 813. The number of benzene rings is 2. The highest BCUT2D eigenvalue weighted by atomic mass is 16.5. The lowest BCUT2D eigenvalue weighted by Crippen LogP contribution is -2.53. The first-order chi connectivity index (χ1) is 13.7. The summed E-state index contributed by atoms with van der Waals surface area (Å²) in [7, 11) is 3.80. The average Bonchev–Trinajstić information content (AvgIpc) is 3.24. The number of amides is 1. The number of piperazine rings is 1. The summed E-state index contributed by atoms with van der Waals surface area (Å²) in [5, 5.41) is 0. The SMILES string of the molecule is COc1cccc(C2CC(C(=O)N3CCN(C)C(c4ccccc4)C3)NN2)c1. The zero-order valence-electron chi connectivity index (χ0n) is 16.5. The van der Waals surface area contributed by atoms with Crippen LogP contribution in [0, 0.1) is 0 Å². The Morgan fingerprint density at radius 3 is 2.61 bits per heavy atom. The van der Waals surface area contributed by atoms with E-state index in [0.717, 1.165) is 37.4 Å². The van der Waals surface area contributed by atoms with Crippen LogP contribution in [0.1, 0.15) is 29.6 Å². The quantitative estimate of drug-likeness (QED) is 0.851. The molecule has 2 heterocycles. The first-order valence-electron chi connectivity index (χ1n) is 9.84. The maximum Gasteiger partial charge on any atom is 0.241 e. The zero-order chi connectivity index (χ0) is 19.5. The third-order valence-corrected chi connectivity index (χ3v) is 5.84. The number of nitrogens with one attached hydrogen (secondary N) is 2. The molecule has 0 saturated carbocycles. The van der Waals surface area contributed by atoms with Crippen LogP contribution < -0.4 is 15.6 Å². The zero-order valence-corrected chi connectivity index (χ0v) is 16.5. The molecular formula is C22H28N4O2. The number of nitrogens with zero attached hydrogens (tertiary/aromatic N) is 2. The molecule has 1 amide bonds. The van der Waals surface area contributed by atoms with Gasteiger partial charge in [-0.25, -0.2) is 10.9 Å². The van der Waals surface area contributed by atoms with Gasteiger partial charge in [0.25, 0.3) is 0 Å². The van der Waals surface area contributed by atoms with Gasteiger partial charge in [-0.1, -0.05) is 42.5 Å². The molecule has 28 heavy (non-hydrogen) atoms. The summed E-state index contributed by atoms with van der Waals surface area (Å²) in [6, 6.07) is 18.6. The molecule has 0 spiro atoms. The Morgan fingerprint density at radius 2 is 1.82 bits per heavy atom. The highest BCUT2D eigenvalue weighted by Crippen LogP contribution is 2.28. The molecule has 6 heteroatoms. The minimum atomic E-state index is -0.212. The average molecular weight is 380 g/mol. The van der Waals surface area contributed by atoms with E-state index < -0.39 is 0 Å². The van der Waals surface area contributed by atoms with Crippen molar-refractivity contribution in [1.82, 2.24) is 20.7 Å². The third-order valence-electron chi connectivity index (χ3n) is 5.84. The fourth-order valence-corrected chi connectivity index (χ4v) is 4.12. The number of carbonyl (C=O) groups excluding carboxylic acids is 1. The molecule has 2 N–H and O–H groups in total. The van der Waals surface area contributed by atoms with Crippen molar-refractivity contribution in [3.05, 3.63) is 65.7 Å². The molecule has 148 valence electrons. The van der Waals surface area contributed by atoms with Gasteiger partial charge in [-0.05, 0) is 36.7 Å². The van der Waals surface area contributed by atoms with Gasteiger partial charge < -0.3 is 9.64 Å². The van der Waals surface area contributed by atoms with Crippen molar-refractivity contribution in [2.75, 3.05) is 33.8 Å². The lowest BCUT2D eigenvalue weighted by atomic mass is 9.99. The normalized spacial score (nSPS) is 25.6. The number of hydrogen-bond acceptors (Lipinski definition) is 5. The van der Waals surface area contributed by atoms with Crippen LogP contribution >= 0.6 is 0 Å². The van der Waals surface area contributed by atoms with E-state index in [4.69, 9.17) is 4.74 Å². The summed E-state index contributed by atoms with van der Waals surface area (Å²) < 4.78 is 5.32. The topological polar surface area (TPSA) is 56.8 Å². The highest BCUT2D eigenvalue weighted by Gasteiger charge is 2.36. The van der Waals surface area contributed by atoms with Gasteiger partial charge >= 0.3 is 0 Å². The first kappa shape index (κ1) is 18.9. The summed E-state index contributed by atoms with van der Waals surface area (Å²) in [5.41, 5.74) is 8.88. The van der Waals surface area contributed by atoms with Gasteiger partial charge in [0.15, 0.2) is 0 Å². The van der Waals surface area contributed by atoms with E-state index in [1.54, 1.807) is 7.11 Å². The maximum atomic E-state index is 13.2. The molecule has 0 aliphatic carbocycles. The van der Waals surface area contributed by atoms with Crippen LogP contribution in [0.25, 0.3) is 0 Å². The van der Waals surface area contributed by atoms with E-state index in [-0.39, 0.29) is 24.0 Å². The maximum absolute atomic E-state index is 13.2. The van der Waals surface area contributed by atoms with Crippen LogP contribution in [-0.4, -0.2) is 55.5 Å². The lowest BCUT2D eigenvalue weighted by Gasteiger charge is -2.40. The van der Waals surface area contributed by atoms with E-state index in [1.165, 1.54) is 5.56 Å². The molecule has 2 aromatic rings. The second kappa shape index (κ2) is 8.31. The molecule has 4 rings (SSSR count). The van der Waals surface area contributed by atoms with E-state index in [1.807, 2.05) is 29.2 Å². The van der Waals surface area contributed by atoms with Crippen molar-refractivity contribution in [1.29, 1.82) is 0 Å². The smallest absolute Gasteiger partial charge is 0.241 e. The van der Waals surface area contributed by atoms with Crippen molar-refractivity contribution in [3.8, 4) is 5.75 Å². The molecule has 2 aromatic carbocycles. The minimum Gasteiger partial charge on any atom is -0.497 e. The third kappa shape index (κ3) is 3.90. The molecule has 0 bridgehead atoms. The van der Waals surface area contributed by atoms with E-state index in [2.05, 4.69) is 53.1 Å². The molecule has 0 radical (unpaired) electrons. The summed E-state index contributed by atoms with van der Waals surface area (Å²) in [6.07, 6.45) is 0.730. The molecule has 2 fully saturated rings. The largest absolute Gasteiger partial charge is 0.497 e. The predicted octanol–water partition coefficient (Wildman–Crippen LogP) is 2.12. The number of carbonyl (C=O) groups is 1. The number of methoxy groups -OCH3 is 1. The molecule has 2 aliphatic heterocycles. The standard InChI is InChI=1S/C22H28N4O2/c1-25-11-12-26(15-21(25)16-7-4-3-5-8-16)22(27)20-14-19(23-24-20)17-9-6-10-18(13-17)28-2/h3-10,13,19-21,23-24H,11-12,14-15H2,1-2H3. The van der Waals surface area contributed by atoms with Crippen LogP contribution in [0.15, 0.2) is 54.6 Å². The van der Waals surface area contributed by atoms with Crippen molar-refractivity contribution < 1.29 is 9.53 Å². The van der Waals surface area contributed by atoms with Gasteiger partial charge in [0.05, 0.1) is 13.2 Å². The summed E-state index contributed by atoms with van der Waals surface area (Å²) in [4.78, 5) is 17.5. The second-order valence-corrected chi connectivity index (χ2v) is 7.60. The van der Waals surface area contributed by atoms with Crippen LogP contribution in [0.2, 0.25) is 0 Å². The molecule has 6 nitrogen and oxygen atoms in total. The minimum absolute atomic E-state index is 0.0986. The van der Waals surface area contributed by atoms with Crippen molar-refractivity contribution in [2.24, 2.45) is 0 Å². The van der Waals surface area contributed by atoms with Gasteiger partial charge in [-0.15, -0.1) is 0 Å².